The van der Waals surface area contributed by atoms with E-state index < -0.39 is 0 Å². The molecule has 0 radical (unpaired) electrons. The molecule has 0 amide bonds. The summed E-state index contributed by atoms with van der Waals surface area (Å²) in [4.78, 5) is 0.538. The first-order valence-electron chi connectivity index (χ1n) is 6.01. The molecular weight excluding hydrogens is 242 g/mol. The topological polar surface area (TPSA) is 59.7 Å². The van der Waals surface area contributed by atoms with Crippen molar-refractivity contribution >= 4 is 11.4 Å². The summed E-state index contributed by atoms with van der Waals surface area (Å²) in [5.74, 6) is 0.787. The van der Waals surface area contributed by atoms with Crippen LogP contribution >= 0.6 is 0 Å². The van der Waals surface area contributed by atoms with E-state index in [2.05, 4.69) is 10.6 Å². The first kappa shape index (κ1) is 12.9. The lowest BCUT2D eigenvalue weighted by atomic mass is 10.3. The Morgan fingerprint density at radius 1 is 1.11 bits per heavy atom. The Balaban J connectivity index is 2.01. The molecule has 2 rings (SSSR count). The van der Waals surface area contributed by atoms with Gasteiger partial charge in [0.25, 0.3) is 0 Å². The number of hydrogen-bond acceptors (Lipinski definition) is 3. The Bertz CT molecular complexity index is 538. The average Bonchev–Trinajstić information content (AvgIpc) is 2.47. The fourth-order valence-corrected chi connectivity index (χ4v) is 1.51. The Hall–Kier alpha value is -2.56. The van der Waals surface area contributed by atoms with Crippen LogP contribution in [0.2, 0.25) is 0 Å². The van der Waals surface area contributed by atoms with Crippen molar-refractivity contribution in [2.24, 2.45) is 5.22 Å². The number of rotatable bonds is 5. The summed E-state index contributed by atoms with van der Waals surface area (Å²) in [6.07, 6.45) is 0. The highest BCUT2D eigenvalue weighted by atomic mass is 16.5. The summed E-state index contributed by atoms with van der Waals surface area (Å²) < 4.78 is 5.33. The van der Waals surface area contributed by atoms with Crippen molar-refractivity contribution in [3.63, 3.8) is 0 Å². The summed E-state index contributed by atoms with van der Waals surface area (Å²) in [6, 6.07) is 16.0. The molecule has 5 heteroatoms. The van der Waals surface area contributed by atoms with Crippen molar-refractivity contribution in [1.29, 1.82) is 0 Å². The van der Waals surface area contributed by atoms with E-state index in [0.29, 0.717) is 17.2 Å². The summed E-state index contributed by atoms with van der Waals surface area (Å²) in [5, 5.41) is 15.4. The molecule has 0 aliphatic rings. The van der Waals surface area contributed by atoms with Crippen LogP contribution in [0.1, 0.15) is 6.92 Å². The van der Waals surface area contributed by atoms with Crippen molar-refractivity contribution in [2.75, 3.05) is 12.0 Å². The quantitative estimate of drug-likeness (QED) is 0.504. The van der Waals surface area contributed by atoms with Gasteiger partial charge in [-0.25, -0.2) is 0 Å². The van der Waals surface area contributed by atoms with E-state index in [-0.39, 0.29) is 0 Å². The van der Waals surface area contributed by atoms with Crippen LogP contribution in [0.25, 0.3) is 0 Å². The van der Waals surface area contributed by atoms with Crippen LogP contribution in [0.3, 0.4) is 0 Å². The van der Waals surface area contributed by atoms with Crippen molar-refractivity contribution in [1.82, 2.24) is 0 Å². The Labute approximate surface area is 111 Å². The van der Waals surface area contributed by atoms with Gasteiger partial charge in [-0.3, -0.25) is 0 Å². The molecule has 0 aliphatic heterocycles. The lowest BCUT2D eigenvalue weighted by molar-refractivity contribution is -0.439. The maximum Gasteiger partial charge on any atom is 0.154 e. The highest BCUT2D eigenvalue weighted by Gasteiger charge is 1.99. The molecule has 0 spiro atoms. The van der Waals surface area contributed by atoms with Crippen LogP contribution in [0.4, 0.5) is 11.4 Å². The molecular formula is C14H15N3O2. The summed E-state index contributed by atoms with van der Waals surface area (Å²) >= 11 is 0. The first-order valence-corrected chi connectivity index (χ1v) is 6.01. The number of ether oxygens (including phenoxy) is 1. The van der Waals surface area contributed by atoms with Gasteiger partial charge in [0.05, 0.1) is 11.8 Å². The number of hydrogen-bond donors (Lipinski definition) is 1. The molecule has 0 aliphatic carbocycles. The second-order valence-corrected chi connectivity index (χ2v) is 3.78. The van der Waals surface area contributed by atoms with Gasteiger partial charge < -0.3 is 9.94 Å². The van der Waals surface area contributed by atoms with E-state index in [1.165, 1.54) is 0 Å². The molecule has 5 nitrogen and oxygen atoms in total. The SMILES string of the molecule is CCOc1ccc(N/N=[N+](\[O-])c2ccccc2)cc1. The minimum atomic E-state index is 0.473. The van der Waals surface area contributed by atoms with Gasteiger partial charge in [0.2, 0.25) is 0 Å². The van der Waals surface area contributed by atoms with E-state index in [0.717, 1.165) is 11.4 Å². The fourth-order valence-electron chi connectivity index (χ4n) is 1.51. The minimum absolute atomic E-state index is 0.473. The normalized spacial score (nSPS) is 11.1. The fraction of sp³-hybridized carbons (Fsp3) is 0.143. The molecule has 0 heterocycles. The van der Waals surface area contributed by atoms with Gasteiger partial charge in [-0.2, -0.15) is 0 Å². The molecule has 2 aromatic carbocycles. The molecule has 0 unspecified atom stereocenters. The van der Waals surface area contributed by atoms with Gasteiger partial charge in [-0.1, -0.05) is 18.2 Å². The summed E-state index contributed by atoms with van der Waals surface area (Å²) in [7, 11) is 0. The summed E-state index contributed by atoms with van der Waals surface area (Å²) in [6.45, 7) is 2.55. The van der Waals surface area contributed by atoms with Crippen molar-refractivity contribution in [3.8, 4) is 5.75 Å². The molecule has 98 valence electrons. The van der Waals surface area contributed by atoms with Crippen molar-refractivity contribution in [2.45, 2.75) is 6.92 Å². The van der Waals surface area contributed by atoms with Gasteiger partial charge in [-0.05, 0) is 43.3 Å². The van der Waals surface area contributed by atoms with Gasteiger partial charge in [0.1, 0.15) is 11.4 Å². The molecule has 0 saturated heterocycles. The number of benzene rings is 2. The lowest BCUT2D eigenvalue weighted by Crippen LogP contribution is -1.98. The maximum absolute atomic E-state index is 11.7. The zero-order chi connectivity index (χ0) is 13.5. The maximum atomic E-state index is 11.7. The van der Waals surface area contributed by atoms with Crippen LogP contribution in [0, 0.1) is 5.21 Å². The molecule has 19 heavy (non-hydrogen) atoms. The largest absolute Gasteiger partial charge is 0.691 e. The third-order valence-electron chi connectivity index (χ3n) is 2.41. The van der Waals surface area contributed by atoms with E-state index in [1.54, 1.807) is 36.4 Å². The summed E-state index contributed by atoms with van der Waals surface area (Å²) in [5.41, 5.74) is 3.89. The standard InChI is InChI=1S/C14H15N3O2/c1-2-19-14-10-8-12(9-11-14)15-16-17(18)13-6-4-3-5-7-13/h3-11,15H,2H2,1H3/b17-16-. The third-order valence-corrected chi connectivity index (χ3v) is 2.41. The Morgan fingerprint density at radius 3 is 2.42 bits per heavy atom. The van der Waals surface area contributed by atoms with Crippen molar-refractivity contribution in [3.05, 3.63) is 59.8 Å². The Morgan fingerprint density at radius 2 is 1.79 bits per heavy atom. The molecule has 0 fully saturated rings. The first-order chi connectivity index (χ1) is 9.29. The number of para-hydroxylation sites is 1. The van der Waals surface area contributed by atoms with Crippen molar-refractivity contribution < 1.29 is 9.60 Å². The van der Waals surface area contributed by atoms with E-state index in [1.807, 2.05) is 25.1 Å². The van der Waals surface area contributed by atoms with Gasteiger partial charge in [-0.15, -0.1) is 10.3 Å². The average molecular weight is 257 g/mol. The van der Waals surface area contributed by atoms with Crippen LogP contribution in [-0.2, 0) is 0 Å². The smallest absolute Gasteiger partial charge is 0.154 e. The highest BCUT2D eigenvalue weighted by Crippen LogP contribution is 2.16. The van der Waals surface area contributed by atoms with Crippen LogP contribution < -0.4 is 10.2 Å². The highest BCUT2D eigenvalue weighted by molar-refractivity contribution is 5.45. The second-order valence-electron chi connectivity index (χ2n) is 3.78. The second kappa shape index (κ2) is 6.39. The minimum Gasteiger partial charge on any atom is -0.691 e. The van der Waals surface area contributed by atoms with Crippen LogP contribution in [0.15, 0.2) is 59.8 Å². The molecule has 1 N–H and O–H groups in total. The van der Waals surface area contributed by atoms with E-state index in [9.17, 15) is 5.21 Å². The van der Waals surface area contributed by atoms with E-state index in [4.69, 9.17) is 4.74 Å². The molecule has 0 aromatic heterocycles. The number of nitrogens with zero attached hydrogens (tertiary/aromatic N) is 2. The van der Waals surface area contributed by atoms with Crippen LogP contribution in [0.5, 0.6) is 5.75 Å². The monoisotopic (exact) mass is 257 g/mol. The molecule has 2 aromatic rings. The molecule has 0 atom stereocenters. The van der Waals surface area contributed by atoms with Gasteiger partial charge >= 0.3 is 0 Å². The van der Waals surface area contributed by atoms with Gasteiger partial charge in [0, 0.05) is 0 Å². The zero-order valence-corrected chi connectivity index (χ0v) is 10.6. The molecule has 0 saturated carbocycles. The predicted molar refractivity (Wildman–Crippen MR) is 73.4 cm³/mol. The van der Waals surface area contributed by atoms with Gasteiger partial charge in [0.15, 0.2) is 5.69 Å². The Kier molecular flexibility index (Phi) is 4.34. The predicted octanol–water partition coefficient (Wildman–Crippen LogP) is 3.71. The number of nitrogens with one attached hydrogen (secondary N) is 1. The third kappa shape index (κ3) is 3.70. The zero-order valence-electron chi connectivity index (χ0n) is 10.6. The molecule has 0 bridgehead atoms. The van der Waals surface area contributed by atoms with Crippen LogP contribution in [-0.4, -0.2) is 11.5 Å². The number of anilines is 1. The lowest BCUT2D eigenvalue weighted by Gasteiger charge is -2.05. The van der Waals surface area contributed by atoms with E-state index >= 15 is 0 Å².